The number of hydrogen-bond acceptors (Lipinski definition) is 2. The summed E-state index contributed by atoms with van der Waals surface area (Å²) in [5.74, 6) is -0.184. The maximum atomic E-state index is 12.1. The Bertz CT molecular complexity index is 766. The minimum Gasteiger partial charge on any atom is -0.319 e. The van der Waals surface area contributed by atoms with Gasteiger partial charge in [-0.2, -0.15) is 5.10 Å². The molecule has 5 heteroatoms. The van der Waals surface area contributed by atoms with Crippen LogP contribution in [0.2, 0.25) is 5.02 Å². The molecule has 0 fully saturated rings. The van der Waals surface area contributed by atoms with E-state index >= 15 is 0 Å². The van der Waals surface area contributed by atoms with Crippen LogP contribution in [0.4, 0.5) is 5.69 Å². The molecule has 0 atom stereocenters. The number of nitrogens with one attached hydrogen (secondary N) is 1. The number of aromatic nitrogens is 2. The average molecular weight is 312 g/mol. The van der Waals surface area contributed by atoms with Crippen molar-refractivity contribution in [2.75, 3.05) is 5.32 Å². The first-order valence-corrected chi connectivity index (χ1v) is 7.22. The van der Waals surface area contributed by atoms with Gasteiger partial charge in [-0.1, -0.05) is 41.9 Å². The van der Waals surface area contributed by atoms with Crippen LogP contribution in [0.3, 0.4) is 0 Å². The number of benzene rings is 2. The number of carbonyl (C=O) groups is 1. The normalized spacial score (nSPS) is 10.4. The first kappa shape index (κ1) is 14.4. The molecule has 2 aromatic carbocycles. The molecule has 0 aliphatic heterocycles. The molecule has 22 heavy (non-hydrogen) atoms. The van der Waals surface area contributed by atoms with E-state index in [4.69, 9.17) is 11.6 Å². The molecule has 0 saturated heterocycles. The minimum atomic E-state index is -0.184. The number of anilines is 1. The fourth-order valence-electron chi connectivity index (χ4n) is 2.09. The Labute approximate surface area is 133 Å². The van der Waals surface area contributed by atoms with Gasteiger partial charge in [-0.3, -0.25) is 9.48 Å². The Balaban J connectivity index is 1.66. The molecule has 3 rings (SSSR count). The topological polar surface area (TPSA) is 46.9 Å². The summed E-state index contributed by atoms with van der Waals surface area (Å²) in [6.45, 7) is 0.664. The lowest BCUT2D eigenvalue weighted by atomic mass is 10.2. The lowest BCUT2D eigenvalue weighted by Gasteiger charge is -2.03. The summed E-state index contributed by atoms with van der Waals surface area (Å²) in [6, 6.07) is 16.8. The van der Waals surface area contributed by atoms with Gasteiger partial charge in [-0.15, -0.1) is 0 Å². The molecule has 0 aliphatic rings. The SMILES string of the molecule is O=C(Nc1cnn(Cc2ccccc2)c1)c1ccc(Cl)cc1. The van der Waals surface area contributed by atoms with Gasteiger partial charge in [0.1, 0.15) is 0 Å². The standard InChI is InChI=1S/C17H14ClN3O/c18-15-8-6-14(7-9-15)17(22)20-16-10-19-21(12-16)11-13-4-2-1-3-5-13/h1-10,12H,11H2,(H,20,22). The fraction of sp³-hybridized carbons (Fsp3) is 0.0588. The predicted octanol–water partition coefficient (Wildman–Crippen LogP) is 3.84. The molecule has 1 heterocycles. The van der Waals surface area contributed by atoms with Gasteiger partial charge in [-0.25, -0.2) is 0 Å². The molecule has 1 aromatic heterocycles. The maximum Gasteiger partial charge on any atom is 0.255 e. The van der Waals surface area contributed by atoms with E-state index in [0.717, 1.165) is 5.56 Å². The van der Waals surface area contributed by atoms with E-state index in [9.17, 15) is 4.79 Å². The molecule has 0 bridgehead atoms. The molecule has 3 aromatic rings. The van der Waals surface area contributed by atoms with E-state index in [0.29, 0.717) is 22.8 Å². The zero-order valence-electron chi connectivity index (χ0n) is 11.7. The zero-order valence-corrected chi connectivity index (χ0v) is 12.5. The summed E-state index contributed by atoms with van der Waals surface area (Å²) in [5, 5.41) is 7.68. The number of hydrogen-bond donors (Lipinski definition) is 1. The van der Waals surface area contributed by atoms with Crippen LogP contribution >= 0.6 is 11.6 Å². The van der Waals surface area contributed by atoms with E-state index in [-0.39, 0.29) is 5.91 Å². The van der Waals surface area contributed by atoms with Crippen LogP contribution in [0.5, 0.6) is 0 Å². The molecule has 1 amide bonds. The van der Waals surface area contributed by atoms with Crippen molar-refractivity contribution < 1.29 is 4.79 Å². The van der Waals surface area contributed by atoms with Gasteiger partial charge in [0.2, 0.25) is 0 Å². The van der Waals surface area contributed by atoms with Crippen molar-refractivity contribution in [1.29, 1.82) is 0 Å². The Morgan fingerprint density at radius 2 is 1.82 bits per heavy atom. The average Bonchev–Trinajstić information content (AvgIpc) is 2.96. The van der Waals surface area contributed by atoms with Crippen LogP contribution in [0.25, 0.3) is 0 Å². The monoisotopic (exact) mass is 311 g/mol. The van der Waals surface area contributed by atoms with Crippen molar-refractivity contribution in [1.82, 2.24) is 9.78 Å². The first-order chi connectivity index (χ1) is 10.7. The van der Waals surface area contributed by atoms with Crippen molar-refractivity contribution >= 4 is 23.2 Å². The second-order valence-corrected chi connectivity index (χ2v) is 5.31. The van der Waals surface area contributed by atoms with Crippen molar-refractivity contribution in [3.63, 3.8) is 0 Å². The summed E-state index contributed by atoms with van der Waals surface area (Å²) in [4.78, 5) is 12.1. The fourth-order valence-corrected chi connectivity index (χ4v) is 2.22. The molecule has 110 valence electrons. The van der Waals surface area contributed by atoms with Crippen molar-refractivity contribution in [3.05, 3.63) is 83.1 Å². The maximum absolute atomic E-state index is 12.1. The van der Waals surface area contributed by atoms with Gasteiger partial charge in [-0.05, 0) is 29.8 Å². The van der Waals surface area contributed by atoms with Gasteiger partial charge in [0.05, 0.1) is 18.4 Å². The molecule has 1 N–H and O–H groups in total. The van der Waals surface area contributed by atoms with Crippen LogP contribution in [0, 0.1) is 0 Å². The van der Waals surface area contributed by atoms with Crippen molar-refractivity contribution in [3.8, 4) is 0 Å². The third-order valence-electron chi connectivity index (χ3n) is 3.18. The number of halogens is 1. The van der Waals surface area contributed by atoms with Gasteiger partial charge in [0.15, 0.2) is 0 Å². The van der Waals surface area contributed by atoms with Crippen LogP contribution < -0.4 is 5.32 Å². The molecule has 0 saturated carbocycles. The van der Waals surface area contributed by atoms with Gasteiger partial charge in [0, 0.05) is 16.8 Å². The molecule has 0 aliphatic carbocycles. The van der Waals surface area contributed by atoms with E-state index in [1.807, 2.05) is 30.3 Å². The van der Waals surface area contributed by atoms with E-state index in [1.165, 1.54) is 0 Å². The molecule has 0 radical (unpaired) electrons. The first-order valence-electron chi connectivity index (χ1n) is 6.84. The third-order valence-corrected chi connectivity index (χ3v) is 3.44. The van der Waals surface area contributed by atoms with Crippen molar-refractivity contribution in [2.45, 2.75) is 6.54 Å². The van der Waals surface area contributed by atoms with Crippen LogP contribution in [-0.4, -0.2) is 15.7 Å². The van der Waals surface area contributed by atoms with E-state index in [1.54, 1.807) is 41.3 Å². The second-order valence-electron chi connectivity index (χ2n) is 4.87. The smallest absolute Gasteiger partial charge is 0.255 e. The van der Waals surface area contributed by atoms with Crippen molar-refractivity contribution in [2.24, 2.45) is 0 Å². The van der Waals surface area contributed by atoms with Gasteiger partial charge in [0.25, 0.3) is 5.91 Å². The summed E-state index contributed by atoms with van der Waals surface area (Å²) < 4.78 is 1.78. The summed E-state index contributed by atoms with van der Waals surface area (Å²) in [5.41, 5.74) is 2.37. The predicted molar refractivity (Wildman–Crippen MR) is 87.2 cm³/mol. The number of carbonyl (C=O) groups excluding carboxylic acids is 1. The van der Waals surface area contributed by atoms with Gasteiger partial charge < -0.3 is 5.32 Å². The quantitative estimate of drug-likeness (QED) is 0.796. The minimum absolute atomic E-state index is 0.184. The number of rotatable bonds is 4. The highest BCUT2D eigenvalue weighted by atomic mass is 35.5. The highest BCUT2D eigenvalue weighted by Gasteiger charge is 2.07. The largest absolute Gasteiger partial charge is 0.319 e. The van der Waals surface area contributed by atoms with Gasteiger partial charge >= 0.3 is 0 Å². The molecule has 4 nitrogen and oxygen atoms in total. The van der Waals surface area contributed by atoms with Crippen LogP contribution in [-0.2, 0) is 6.54 Å². The number of nitrogens with zero attached hydrogens (tertiary/aromatic N) is 2. The Morgan fingerprint density at radius 1 is 1.09 bits per heavy atom. The second kappa shape index (κ2) is 6.45. The summed E-state index contributed by atoms with van der Waals surface area (Å²) >= 11 is 5.81. The summed E-state index contributed by atoms with van der Waals surface area (Å²) in [7, 11) is 0. The Hall–Kier alpha value is -2.59. The highest BCUT2D eigenvalue weighted by Crippen LogP contribution is 2.13. The third kappa shape index (κ3) is 3.54. The molecular formula is C17H14ClN3O. The lowest BCUT2D eigenvalue weighted by Crippen LogP contribution is -2.11. The van der Waals surface area contributed by atoms with E-state index in [2.05, 4.69) is 10.4 Å². The zero-order chi connectivity index (χ0) is 15.4. The highest BCUT2D eigenvalue weighted by molar-refractivity contribution is 6.30. The Morgan fingerprint density at radius 3 is 2.55 bits per heavy atom. The lowest BCUT2D eigenvalue weighted by molar-refractivity contribution is 0.102. The number of amides is 1. The Kier molecular flexibility index (Phi) is 4.21. The van der Waals surface area contributed by atoms with Crippen LogP contribution in [0.15, 0.2) is 67.0 Å². The molecule has 0 spiro atoms. The molecule has 0 unspecified atom stereocenters. The van der Waals surface area contributed by atoms with Crippen LogP contribution in [0.1, 0.15) is 15.9 Å². The van der Waals surface area contributed by atoms with E-state index < -0.39 is 0 Å². The summed E-state index contributed by atoms with van der Waals surface area (Å²) in [6.07, 6.45) is 3.44. The molecular weight excluding hydrogens is 298 g/mol.